The largest absolute Gasteiger partial charge is 0.482 e. The van der Waals surface area contributed by atoms with Crippen molar-refractivity contribution in [3.05, 3.63) is 0 Å². The van der Waals surface area contributed by atoms with Gasteiger partial charge < -0.3 is 39.8 Å². The standard InChI is InChI=1S/C13H22N2O17P2/c16-9(17)3-14(4-10(18)19)1-2-15(5-11(20)21)6-12(22)30-7-8(13(23)24)31-34(28,29)32-33(25,26)27/h8H,1-7H2,(H,16,17)(H,18,19)(H,20,21)(H,23,24)(H,28,29)(H2,25,26,27). The van der Waals surface area contributed by atoms with Crippen LogP contribution in [0.2, 0.25) is 0 Å². The van der Waals surface area contributed by atoms with Crippen LogP contribution in [0.1, 0.15) is 0 Å². The quantitative estimate of drug-likeness (QED) is 0.0676. The molecular formula is C13H22N2O17P2. The van der Waals surface area contributed by atoms with Gasteiger partial charge in [0.25, 0.3) is 0 Å². The summed E-state index contributed by atoms with van der Waals surface area (Å²) in [6, 6.07) is 0. The van der Waals surface area contributed by atoms with Crippen LogP contribution >= 0.6 is 15.6 Å². The topological polar surface area (TPSA) is 295 Å². The Hall–Kier alpha value is -2.47. The number of hydrogen-bond donors (Lipinski definition) is 7. The molecule has 0 rings (SSSR count). The number of ether oxygens (including phenoxy) is 1. The third kappa shape index (κ3) is 16.2. The maximum absolute atomic E-state index is 12.0. The van der Waals surface area contributed by atoms with Crippen molar-refractivity contribution in [3.63, 3.8) is 0 Å². The van der Waals surface area contributed by atoms with Crippen LogP contribution in [0.15, 0.2) is 0 Å². The Morgan fingerprint density at radius 3 is 1.50 bits per heavy atom. The number of phosphoric acid groups is 2. The normalized spacial score (nSPS) is 14.4. The average molecular weight is 540 g/mol. The Balaban J connectivity index is 5.07. The zero-order chi connectivity index (χ0) is 26.7. The first-order valence-electron chi connectivity index (χ1n) is 8.66. The molecule has 0 heterocycles. The van der Waals surface area contributed by atoms with Gasteiger partial charge in [-0.3, -0.25) is 33.5 Å². The lowest BCUT2D eigenvalue weighted by molar-refractivity contribution is -0.156. The van der Waals surface area contributed by atoms with Crippen molar-refractivity contribution in [2.75, 3.05) is 45.9 Å². The average Bonchev–Trinajstić information content (AvgIpc) is 2.59. The van der Waals surface area contributed by atoms with E-state index in [0.29, 0.717) is 0 Å². The van der Waals surface area contributed by atoms with Crippen molar-refractivity contribution in [3.8, 4) is 0 Å². The van der Waals surface area contributed by atoms with Gasteiger partial charge in [-0.15, -0.1) is 0 Å². The van der Waals surface area contributed by atoms with E-state index in [4.69, 9.17) is 30.2 Å². The van der Waals surface area contributed by atoms with Gasteiger partial charge in [0, 0.05) is 13.1 Å². The number of carbonyl (C=O) groups is 5. The fourth-order valence-corrected chi connectivity index (χ4v) is 3.84. The molecule has 34 heavy (non-hydrogen) atoms. The van der Waals surface area contributed by atoms with Crippen molar-refractivity contribution in [1.29, 1.82) is 0 Å². The zero-order valence-electron chi connectivity index (χ0n) is 17.0. The number of phosphoric ester groups is 1. The molecule has 21 heteroatoms. The van der Waals surface area contributed by atoms with E-state index in [9.17, 15) is 38.0 Å². The molecule has 0 aromatic rings. The molecule has 2 unspecified atom stereocenters. The number of carbonyl (C=O) groups excluding carboxylic acids is 1. The SMILES string of the molecule is O=C(O)CN(CCN(CC(=O)O)CC(=O)OCC(OP(=O)(O)OP(=O)(O)O)C(=O)O)CC(=O)O. The molecule has 2 atom stereocenters. The van der Waals surface area contributed by atoms with Gasteiger partial charge in [0.05, 0.1) is 26.2 Å². The zero-order valence-corrected chi connectivity index (χ0v) is 18.8. The highest BCUT2D eigenvalue weighted by Crippen LogP contribution is 2.58. The molecule has 0 aromatic heterocycles. The van der Waals surface area contributed by atoms with Crippen molar-refractivity contribution in [2.24, 2.45) is 0 Å². The first-order valence-corrected chi connectivity index (χ1v) is 11.7. The van der Waals surface area contributed by atoms with Gasteiger partial charge in [0.15, 0.2) is 0 Å². The first-order chi connectivity index (χ1) is 15.4. The van der Waals surface area contributed by atoms with Crippen molar-refractivity contribution >= 4 is 45.5 Å². The van der Waals surface area contributed by atoms with E-state index in [1.807, 2.05) is 0 Å². The van der Waals surface area contributed by atoms with Crippen LogP contribution in [0.5, 0.6) is 0 Å². The summed E-state index contributed by atoms with van der Waals surface area (Å²) in [6.45, 7) is -4.89. The minimum absolute atomic E-state index is 0.298. The number of carboxylic acid groups (broad SMARTS) is 4. The maximum Gasteiger partial charge on any atom is 0.482 e. The van der Waals surface area contributed by atoms with E-state index in [1.165, 1.54) is 0 Å². The smallest absolute Gasteiger partial charge is 0.480 e. The summed E-state index contributed by atoms with van der Waals surface area (Å²) in [5.74, 6) is -7.43. The molecule has 0 fully saturated rings. The minimum atomic E-state index is -5.60. The molecule has 0 aromatic carbocycles. The molecule has 0 aliphatic heterocycles. The number of nitrogens with zero attached hydrogens (tertiary/aromatic N) is 2. The van der Waals surface area contributed by atoms with Gasteiger partial charge in [0.2, 0.25) is 6.10 Å². The highest BCUT2D eigenvalue weighted by molar-refractivity contribution is 7.60. The Kier molecular flexibility index (Phi) is 13.0. The Morgan fingerprint density at radius 1 is 0.735 bits per heavy atom. The van der Waals surface area contributed by atoms with Crippen molar-refractivity contribution < 1.29 is 81.8 Å². The maximum atomic E-state index is 12.0. The van der Waals surface area contributed by atoms with Gasteiger partial charge >= 0.3 is 45.5 Å². The third-order valence-electron chi connectivity index (χ3n) is 3.30. The van der Waals surface area contributed by atoms with Gasteiger partial charge in [-0.1, -0.05) is 0 Å². The second-order valence-electron chi connectivity index (χ2n) is 6.26. The lowest BCUT2D eigenvalue weighted by atomic mass is 10.3. The van der Waals surface area contributed by atoms with Crippen LogP contribution in [0.25, 0.3) is 0 Å². The Labute approximate surface area is 189 Å². The van der Waals surface area contributed by atoms with Crippen molar-refractivity contribution in [1.82, 2.24) is 9.80 Å². The number of hydrogen-bond acceptors (Lipinski definition) is 12. The summed E-state index contributed by atoms with van der Waals surface area (Å²) < 4.78 is 34.0. The lowest BCUT2D eigenvalue weighted by Crippen LogP contribution is -2.44. The van der Waals surface area contributed by atoms with Crippen molar-refractivity contribution in [2.45, 2.75) is 6.10 Å². The van der Waals surface area contributed by atoms with Gasteiger partial charge in [-0.25, -0.2) is 13.9 Å². The molecular weight excluding hydrogens is 518 g/mol. The summed E-state index contributed by atoms with van der Waals surface area (Å²) >= 11 is 0. The fourth-order valence-electron chi connectivity index (χ4n) is 2.14. The van der Waals surface area contributed by atoms with Crippen LogP contribution in [-0.2, 0) is 46.7 Å². The Morgan fingerprint density at radius 2 is 1.15 bits per heavy atom. The summed E-state index contributed by atoms with van der Waals surface area (Å²) in [5.41, 5.74) is 0. The van der Waals surface area contributed by atoms with Crippen LogP contribution < -0.4 is 0 Å². The summed E-state index contributed by atoms with van der Waals surface area (Å²) in [4.78, 5) is 83.7. The summed E-state index contributed by atoms with van der Waals surface area (Å²) in [5, 5.41) is 35.5. The van der Waals surface area contributed by atoms with Crippen LogP contribution in [0.4, 0.5) is 0 Å². The van der Waals surface area contributed by atoms with Gasteiger partial charge in [-0.2, -0.15) is 4.31 Å². The van der Waals surface area contributed by atoms with Crippen LogP contribution in [0, 0.1) is 0 Å². The highest BCUT2D eigenvalue weighted by atomic mass is 31.3. The molecule has 0 amide bonds. The fraction of sp³-hybridized carbons (Fsp3) is 0.615. The molecule has 0 saturated carbocycles. The van der Waals surface area contributed by atoms with E-state index >= 15 is 0 Å². The first kappa shape index (κ1) is 31.5. The molecule has 0 bridgehead atoms. The highest BCUT2D eigenvalue weighted by Gasteiger charge is 2.38. The number of esters is 1. The predicted molar refractivity (Wildman–Crippen MR) is 102 cm³/mol. The minimum Gasteiger partial charge on any atom is -0.480 e. The van der Waals surface area contributed by atoms with Gasteiger partial charge in [0.1, 0.15) is 6.61 Å². The molecule has 196 valence electrons. The number of aliphatic carboxylic acids is 4. The van der Waals surface area contributed by atoms with Crippen LogP contribution in [0.3, 0.4) is 0 Å². The molecule has 0 saturated heterocycles. The second kappa shape index (κ2) is 14.1. The van der Waals surface area contributed by atoms with E-state index in [1.54, 1.807) is 0 Å². The van der Waals surface area contributed by atoms with Crippen LogP contribution in [-0.4, -0.2) is 127 Å². The molecule has 0 radical (unpaired) electrons. The van der Waals surface area contributed by atoms with E-state index in [0.717, 1.165) is 9.80 Å². The van der Waals surface area contributed by atoms with E-state index in [2.05, 4.69) is 13.6 Å². The van der Waals surface area contributed by atoms with E-state index in [-0.39, 0.29) is 13.1 Å². The Bertz CT molecular complexity index is 840. The number of carboxylic acids is 4. The summed E-state index contributed by atoms with van der Waals surface area (Å²) in [7, 11) is -11.2. The second-order valence-corrected chi connectivity index (χ2v) is 9.04. The molecule has 19 nitrogen and oxygen atoms in total. The third-order valence-corrected chi connectivity index (χ3v) is 5.50. The summed E-state index contributed by atoms with van der Waals surface area (Å²) in [6.07, 6.45) is -2.42. The molecule has 7 N–H and O–H groups in total. The number of rotatable bonds is 18. The molecule has 0 aliphatic carbocycles. The molecule has 0 aliphatic rings. The predicted octanol–water partition coefficient (Wildman–Crippen LogP) is -2.93. The lowest BCUT2D eigenvalue weighted by Gasteiger charge is -2.24. The molecule has 0 spiro atoms. The van der Waals surface area contributed by atoms with E-state index < -0.39 is 84.4 Å². The monoisotopic (exact) mass is 540 g/mol. The van der Waals surface area contributed by atoms with Gasteiger partial charge in [-0.05, 0) is 0 Å².